The van der Waals surface area contributed by atoms with Gasteiger partial charge >= 0.3 is 5.97 Å². The number of nitrogens with zero attached hydrogens (tertiary/aromatic N) is 1. The predicted molar refractivity (Wildman–Crippen MR) is 99.1 cm³/mol. The SMILES string of the molecule is CCc1ccccc1CNC(=NC)NCCCCCCC(=O)OC. The van der Waals surface area contributed by atoms with Crippen LogP contribution in [0.1, 0.15) is 50.2 Å². The molecule has 2 N–H and O–H groups in total. The van der Waals surface area contributed by atoms with Gasteiger partial charge in [0.1, 0.15) is 0 Å². The highest BCUT2D eigenvalue weighted by atomic mass is 16.5. The lowest BCUT2D eigenvalue weighted by molar-refractivity contribution is -0.140. The molecule has 0 fully saturated rings. The fourth-order valence-corrected chi connectivity index (χ4v) is 2.53. The highest BCUT2D eigenvalue weighted by Gasteiger charge is 2.02. The highest BCUT2D eigenvalue weighted by Crippen LogP contribution is 2.08. The fourth-order valence-electron chi connectivity index (χ4n) is 2.53. The van der Waals surface area contributed by atoms with Crippen molar-refractivity contribution in [1.82, 2.24) is 10.6 Å². The molecular weight excluding hydrogens is 302 g/mol. The van der Waals surface area contributed by atoms with Crippen molar-refractivity contribution >= 4 is 11.9 Å². The summed E-state index contributed by atoms with van der Waals surface area (Å²) in [6, 6.07) is 8.47. The van der Waals surface area contributed by atoms with Gasteiger partial charge in [0.2, 0.25) is 0 Å². The minimum absolute atomic E-state index is 0.120. The molecule has 0 aliphatic carbocycles. The molecule has 0 aliphatic rings. The van der Waals surface area contributed by atoms with Crippen LogP contribution in [0.3, 0.4) is 0 Å². The fraction of sp³-hybridized carbons (Fsp3) is 0.579. The monoisotopic (exact) mass is 333 g/mol. The van der Waals surface area contributed by atoms with Crippen LogP contribution in [0.2, 0.25) is 0 Å². The lowest BCUT2D eigenvalue weighted by Gasteiger charge is -2.13. The summed E-state index contributed by atoms with van der Waals surface area (Å²) >= 11 is 0. The van der Waals surface area contributed by atoms with Gasteiger partial charge < -0.3 is 15.4 Å². The molecule has 1 aromatic carbocycles. The Bertz CT molecular complexity index is 515. The number of carbonyl (C=O) groups excluding carboxylic acids is 1. The van der Waals surface area contributed by atoms with Crippen molar-refractivity contribution in [1.29, 1.82) is 0 Å². The van der Waals surface area contributed by atoms with Crippen molar-refractivity contribution in [2.75, 3.05) is 20.7 Å². The minimum atomic E-state index is -0.120. The molecule has 0 aliphatic heterocycles. The Hall–Kier alpha value is -2.04. The Morgan fingerprint density at radius 2 is 1.79 bits per heavy atom. The number of aliphatic imine (C=N–C) groups is 1. The minimum Gasteiger partial charge on any atom is -0.469 e. The standard InChI is InChI=1S/C19H31N3O2/c1-4-16-11-8-9-12-17(16)15-22-19(20-2)21-14-10-6-5-7-13-18(23)24-3/h8-9,11-12H,4-7,10,13-15H2,1-3H3,(H2,20,21,22). The van der Waals surface area contributed by atoms with Gasteiger partial charge in [0.15, 0.2) is 5.96 Å². The van der Waals surface area contributed by atoms with E-state index >= 15 is 0 Å². The average molecular weight is 333 g/mol. The Balaban J connectivity index is 2.18. The van der Waals surface area contributed by atoms with Crippen molar-refractivity contribution in [3.05, 3.63) is 35.4 Å². The van der Waals surface area contributed by atoms with Crippen LogP contribution >= 0.6 is 0 Å². The molecule has 134 valence electrons. The number of hydrogen-bond donors (Lipinski definition) is 2. The van der Waals surface area contributed by atoms with Crippen LogP contribution in [0, 0.1) is 0 Å². The van der Waals surface area contributed by atoms with Crippen molar-refractivity contribution < 1.29 is 9.53 Å². The smallest absolute Gasteiger partial charge is 0.305 e. The molecule has 0 heterocycles. The van der Waals surface area contributed by atoms with Crippen molar-refractivity contribution in [2.45, 2.75) is 52.0 Å². The van der Waals surface area contributed by atoms with Gasteiger partial charge in [-0.3, -0.25) is 9.79 Å². The molecule has 1 rings (SSSR count). The lowest BCUT2D eigenvalue weighted by atomic mass is 10.1. The summed E-state index contributed by atoms with van der Waals surface area (Å²) in [7, 11) is 3.22. The Morgan fingerprint density at radius 1 is 1.08 bits per heavy atom. The van der Waals surface area contributed by atoms with Gasteiger partial charge in [0.25, 0.3) is 0 Å². The van der Waals surface area contributed by atoms with Crippen molar-refractivity contribution in [3.8, 4) is 0 Å². The molecule has 5 nitrogen and oxygen atoms in total. The maximum Gasteiger partial charge on any atom is 0.305 e. The summed E-state index contributed by atoms with van der Waals surface area (Å²) in [6.45, 7) is 3.84. The number of esters is 1. The van der Waals surface area contributed by atoms with Crippen LogP contribution in [-0.2, 0) is 22.5 Å². The number of guanidine groups is 1. The van der Waals surface area contributed by atoms with Crippen LogP contribution in [0.4, 0.5) is 0 Å². The molecule has 0 unspecified atom stereocenters. The van der Waals surface area contributed by atoms with Crippen molar-refractivity contribution in [2.24, 2.45) is 4.99 Å². The first kappa shape index (κ1) is 20.0. The highest BCUT2D eigenvalue weighted by molar-refractivity contribution is 5.79. The van der Waals surface area contributed by atoms with E-state index < -0.39 is 0 Å². The number of carbonyl (C=O) groups is 1. The summed E-state index contributed by atoms with van der Waals surface area (Å²) in [5.41, 5.74) is 2.68. The second kappa shape index (κ2) is 12.4. The van der Waals surface area contributed by atoms with E-state index in [1.54, 1.807) is 7.05 Å². The first-order chi connectivity index (χ1) is 11.7. The van der Waals surface area contributed by atoms with Crippen LogP contribution in [0.15, 0.2) is 29.3 Å². The maximum absolute atomic E-state index is 11.0. The number of ether oxygens (including phenoxy) is 1. The molecule has 0 saturated carbocycles. The van der Waals surface area contributed by atoms with E-state index in [9.17, 15) is 4.79 Å². The number of methoxy groups -OCH3 is 1. The van der Waals surface area contributed by atoms with E-state index in [4.69, 9.17) is 0 Å². The largest absolute Gasteiger partial charge is 0.469 e. The molecule has 0 aromatic heterocycles. The quantitative estimate of drug-likeness (QED) is 0.299. The summed E-state index contributed by atoms with van der Waals surface area (Å²) < 4.78 is 4.63. The van der Waals surface area contributed by atoms with Gasteiger partial charge in [-0.05, 0) is 30.4 Å². The molecule has 0 saturated heterocycles. The third-order valence-electron chi connectivity index (χ3n) is 4.00. The lowest BCUT2D eigenvalue weighted by Crippen LogP contribution is -2.37. The topological polar surface area (TPSA) is 62.7 Å². The van der Waals surface area contributed by atoms with Gasteiger partial charge in [-0.15, -0.1) is 0 Å². The van der Waals surface area contributed by atoms with E-state index in [-0.39, 0.29) is 5.97 Å². The third kappa shape index (κ3) is 7.99. The Labute approximate surface area is 145 Å². The molecule has 0 atom stereocenters. The predicted octanol–water partition coefficient (Wildman–Crippen LogP) is 3.04. The molecule has 0 radical (unpaired) electrons. The molecule has 0 bridgehead atoms. The second-order valence-corrected chi connectivity index (χ2v) is 5.72. The number of hydrogen-bond acceptors (Lipinski definition) is 3. The molecule has 1 aromatic rings. The number of benzene rings is 1. The maximum atomic E-state index is 11.0. The number of rotatable bonds is 10. The summed E-state index contributed by atoms with van der Waals surface area (Å²) in [5.74, 6) is 0.709. The average Bonchev–Trinajstić information content (AvgIpc) is 2.63. The zero-order valence-corrected chi connectivity index (χ0v) is 15.2. The molecular formula is C19H31N3O2. The number of unbranched alkanes of at least 4 members (excludes halogenated alkanes) is 3. The molecule has 0 amide bonds. The molecule has 24 heavy (non-hydrogen) atoms. The van der Waals surface area contributed by atoms with E-state index in [0.717, 1.165) is 51.2 Å². The second-order valence-electron chi connectivity index (χ2n) is 5.72. The zero-order valence-electron chi connectivity index (χ0n) is 15.2. The van der Waals surface area contributed by atoms with Gasteiger partial charge in [-0.2, -0.15) is 0 Å². The van der Waals surface area contributed by atoms with Gasteiger partial charge in [-0.25, -0.2) is 0 Å². The first-order valence-electron chi connectivity index (χ1n) is 8.79. The first-order valence-corrected chi connectivity index (χ1v) is 8.79. The number of nitrogens with one attached hydrogen (secondary N) is 2. The van der Waals surface area contributed by atoms with Crippen LogP contribution in [0.5, 0.6) is 0 Å². The van der Waals surface area contributed by atoms with Gasteiger partial charge in [0.05, 0.1) is 7.11 Å². The summed E-state index contributed by atoms with van der Waals surface area (Å²) in [5, 5.41) is 6.70. The third-order valence-corrected chi connectivity index (χ3v) is 4.00. The van der Waals surface area contributed by atoms with E-state index in [1.165, 1.54) is 18.2 Å². The van der Waals surface area contributed by atoms with Crippen molar-refractivity contribution in [3.63, 3.8) is 0 Å². The van der Waals surface area contributed by atoms with Crippen LogP contribution in [-0.4, -0.2) is 32.6 Å². The Morgan fingerprint density at radius 3 is 2.46 bits per heavy atom. The number of aryl methyl sites for hydroxylation is 1. The van der Waals surface area contributed by atoms with Gasteiger partial charge in [-0.1, -0.05) is 44.0 Å². The normalized spacial score (nSPS) is 11.2. The van der Waals surface area contributed by atoms with Crippen LogP contribution in [0.25, 0.3) is 0 Å². The molecule has 5 heteroatoms. The van der Waals surface area contributed by atoms with E-state index in [2.05, 4.69) is 51.6 Å². The van der Waals surface area contributed by atoms with E-state index in [1.807, 2.05) is 0 Å². The molecule has 0 spiro atoms. The Kier molecular flexibility index (Phi) is 10.3. The van der Waals surface area contributed by atoms with E-state index in [0.29, 0.717) is 6.42 Å². The summed E-state index contributed by atoms with van der Waals surface area (Å²) in [4.78, 5) is 15.3. The zero-order chi connectivity index (χ0) is 17.6. The van der Waals surface area contributed by atoms with Crippen LogP contribution < -0.4 is 10.6 Å². The summed E-state index contributed by atoms with van der Waals surface area (Å²) in [6.07, 6.45) is 5.66. The van der Waals surface area contributed by atoms with Gasteiger partial charge in [0, 0.05) is 26.6 Å².